The van der Waals surface area contributed by atoms with Gasteiger partial charge in [0.2, 0.25) is 0 Å². The number of aromatic amines is 1. The van der Waals surface area contributed by atoms with Crippen molar-refractivity contribution in [3.8, 4) is 5.69 Å². The molecule has 5 nitrogen and oxygen atoms in total. The fraction of sp³-hybridized carbons (Fsp3) is 0.263. The fourth-order valence-corrected chi connectivity index (χ4v) is 3.32. The van der Waals surface area contributed by atoms with Crippen molar-refractivity contribution in [2.45, 2.75) is 18.8 Å². The molecule has 0 atom stereocenters. The van der Waals surface area contributed by atoms with Crippen molar-refractivity contribution < 1.29 is 4.79 Å². The third-order valence-electron chi connectivity index (χ3n) is 4.71. The predicted octanol–water partition coefficient (Wildman–Crippen LogP) is 3.22. The summed E-state index contributed by atoms with van der Waals surface area (Å²) in [5.74, 6) is 1.59. The molecule has 2 aromatic heterocycles. The number of hydrogen-bond donors (Lipinski definition) is 1. The second-order valence-electron chi connectivity index (χ2n) is 6.18. The normalized spacial score (nSPS) is 15.6. The van der Waals surface area contributed by atoms with Gasteiger partial charge < -0.3 is 14.5 Å². The average Bonchev–Trinajstić information content (AvgIpc) is 3.35. The molecule has 0 radical (unpaired) electrons. The molecule has 5 heteroatoms. The van der Waals surface area contributed by atoms with Crippen molar-refractivity contribution in [3.05, 3.63) is 72.6 Å². The highest BCUT2D eigenvalue weighted by Crippen LogP contribution is 2.26. The molecule has 1 amide bonds. The van der Waals surface area contributed by atoms with Crippen LogP contribution in [0.1, 0.15) is 34.9 Å². The smallest absolute Gasteiger partial charge is 0.253 e. The number of likely N-dealkylation sites (tertiary alicyclic amines) is 1. The Kier molecular flexibility index (Phi) is 3.91. The van der Waals surface area contributed by atoms with Crippen LogP contribution < -0.4 is 0 Å². The van der Waals surface area contributed by atoms with Crippen LogP contribution in [-0.4, -0.2) is 38.4 Å². The van der Waals surface area contributed by atoms with E-state index in [2.05, 4.69) is 9.97 Å². The van der Waals surface area contributed by atoms with Gasteiger partial charge in [0.1, 0.15) is 5.82 Å². The number of nitrogens with zero attached hydrogens (tertiary/aromatic N) is 3. The summed E-state index contributed by atoms with van der Waals surface area (Å²) >= 11 is 0. The second-order valence-corrected chi connectivity index (χ2v) is 6.18. The summed E-state index contributed by atoms with van der Waals surface area (Å²) in [7, 11) is 0. The van der Waals surface area contributed by atoms with Gasteiger partial charge in [-0.05, 0) is 49.2 Å². The lowest BCUT2D eigenvalue weighted by Crippen LogP contribution is -2.38. The molecule has 0 aliphatic carbocycles. The molecule has 3 aromatic rings. The summed E-state index contributed by atoms with van der Waals surface area (Å²) in [5.41, 5.74) is 1.82. The minimum atomic E-state index is 0.118. The summed E-state index contributed by atoms with van der Waals surface area (Å²) in [4.78, 5) is 22.2. The number of H-pyrrole nitrogens is 1. The number of rotatable bonds is 3. The molecule has 4 rings (SSSR count). The van der Waals surface area contributed by atoms with Gasteiger partial charge in [0.05, 0.1) is 0 Å². The molecular weight excluding hydrogens is 300 g/mol. The topological polar surface area (TPSA) is 53.9 Å². The van der Waals surface area contributed by atoms with Gasteiger partial charge in [0.25, 0.3) is 5.91 Å². The first-order valence-electron chi connectivity index (χ1n) is 8.33. The minimum absolute atomic E-state index is 0.118. The van der Waals surface area contributed by atoms with Crippen LogP contribution in [0.4, 0.5) is 0 Å². The summed E-state index contributed by atoms with van der Waals surface area (Å²) < 4.78 is 2.03. The van der Waals surface area contributed by atoms with Crippen LogP contribution in [0.5, 0.6) is 0 Å². The molecule has 0 spiro atoms. The Balaban J connectivity index is 1.41. The Morgan fingerprint density at radius 1 is 1.08 bits per heavy atom. The number of hydrogen-bond acceptors (Lipinski definition) is 2. The number of piperidine rings is 1. The van der Waals surface area contributed by atoms with Crippen molar-refractivity contribution in [2.75, 3.05) is 13.1 Å². The number of nitrogens with one attached hydrogen (secondary N) is 1. The molecule has 122 valence electrons. The lowest BCUT2D eigenvalue weighted by atomic mass is 9.95. The highest BCUT2D eigenvalue weighted by Gasteiger charge is 2.25. The molecular formula is C19H20N4O. The maximum Gasteiger partial charge on any atom is 0.253 e. The zero-order valence-corrected chi connectivity index (χ0v) is 13.4. The van der Waals surface area contributed by atoms with Gasteiger partial charge in [-0.3, -0.25) is 4.79 Å². The van der Waals surface area contributed by atoms with E-state index in [0.717, 1.165) is 43.0 Å². The van der Waals surface area contributed by atoms with E-state index in [1.165, 1.54) is 0 Å². The molecule has 1 aliphatic heterocycles. The van der Waals surface area contributed by atoms with Crippen molar-refractivity contribution in [3.63, 3.8) is 0 Å². The van der Waals surface area contributed by atoms with Crippen LogP contribution >= 0.6 is 0 Å². The van der Waals surface area contributed by atoms with Gasteiger partial charge >= 0.3 is 0 Å². The molecule has 1 fully saturated rings. The number of carbonyl (C=O) groups excluding carboxylic acids is 1. The van der Waals surface area contributed by atoms with Crippen LogP contribution in [0.15, 0.2) is 61.2 Å². The molecule has 3 heterocycles. The van der Waals surface area contributed by atoms with Gasteiger partial charge in [-0.25, -0.2) is 4.98 Å². The fourth-order valence-electron chi connectivity index (χ4n) is 3.32. The Bertz CT molecular complexity index is 783. The average molecular weight is 320 g/mol. The first kappa shape index (κ1) is 14.8. The second kappa shape index (κ2) is 6.35. The Labute approximate surface area is 140 Å². The van der Waals surface area contributed by atoms with Gasteiger partial charge in [0.15, 0.2) is 0 Å². The van der Waals surface area contributed by atoms with Crippen molar-refractivity contribution in [1.82, 2.24) is 19.4 Å². The van der Waals surface area contributed by atoms with E-state index in [1.54, 1.807) is 6.20 Å². The Hall–Kier alpha value is -2.82. The zero-order valence-electron chi connectivity index (χ0n) is 13.4. The van der Waals surface area contributed by atoms with Crippen LogP contribution in [0.25, 0.3) is 5.69 Å². The van der Waals surface area contributed by atoms with E-state index < -0.39 is 0 Å². The Morgan fingerprint density at radius 3 is 2.42 bits per heavy atom. The molecule has 0 unspecified atom stereocenters. The van der Waals surface area contributed by atoms with Crippen LogP contribution in [0.2, 0.25) is 0 Å². The monoisotopic (exact) mass is 320 g/mol. The highest BCUT2D eigenvalue weighted by molar-refractivity contribution is 5.94. The predicted molar refractivity (Wildman–Crippen MR) is 92.2 cm³/mol. The van der Waals surface area contributed by atoms with Crippen LogP contribution in [0.3, 0.4) is 0 Å². The quantitative estimate of drug-likeness (QED) is 0.805. The third kappa shape index (κ3) is 2.85. The molecule has 24 heavy (non-hydrogen) atoms. The van der Waals surface area contributed by atoms with E-state index >= 15 is 0 Å². The van der Waals surface area contributed by atoms with Crippen molar-refractivity contribution in [2.24, 2.45) is 0 Å². The van der Waals surface area contributed by atoms with E-state index in [9.17, 15) is 4.79 Å². The molecule has 1 aliphatic rings. The van der Waals surface area contributed by atoms with Gasteiger partial charge in [-0.1, -0.05) is 0 Å². The van der Waals surface area contributed by atoms with E-state index in [-0.39, 0.29) is 5.91 Å². The standard InChI is InChI=1S/C19H20N4O/c24-19(16-3-5-17(6-4-16)22-11-1-2-12-22)23-13-7-15(8-14-23)18-20-9-10-21-18/h1-6,9-12,15H,7-8,13-14H2,(H,20,21). The molecule has 1 N–H and O–H groups in total. The first-order chi connectivity index (χ1) is 11.8. The molecule has 0 saturated carbocycles. The lowest BCUT2D eigenvalue weighted by Gasteiger charge is -2.31. The summed E-state index contributed by atoms with van der Waals surface area (Å²) in [6.45, 7) is 1.56. The maximum atomic E-state index is 12.7. The van der Waals surface area contributed by atoms with Crippen molar-refractivity contribution in [1.29, 1.82) is 0 Å². The number of carbonyl (C=O) groups is 1. The first-order valence-corrected chi connectivity index (χ1v) is 8.33. The summed E-state index contributed by atoms with van der Waals surface area (Å²) in [6.07, 6.45) is 9.56. The van der Waals surface area contributed by atoms with E-state index in [1.807, 2.05) is 64.5 Å². The summed E-state index contributed by atoms with van der Waals surface area (Å²) in [5, 5.41) is 0. The van der Waals surface area contributed by atoms with Crippen molar-refractivity contribution >= 4 is 5.91 Å². The molecule has 1 saturated heterocycles. The van der Waals surface area contributed by atoms with Crippen LogP contribution in [0, 0.1) is 0 Å². The molecule has 1 aromatic carbocycles. The van der Waals surface area contributed by atoms with Crippen LogP contribution in [-0.2, 0) is 0 Å². The maximum absolute atomic E-state index is 12.7. The van der Waals surface area contributed by atoms with E-state index in [0.29, 0.717) is 5.92 Å². The summed E-state index contributed by atoms with van der Waals surface area (Å²) in [6, 6.07) is 11.8. The number of imidazole rings is 1. The Morgan fingerprint density at radius 2 is 1.79 bits per heavy atom. The minimum Gasteiger partial charge on any atom is -0.348 e. The largest absolute Gasteiger partial charge is 0.348 e. The number of aromatic nitrogens is 3. The number of benzene rings is 1. The van der Waals surface area contributed by atoms with Gasteiger partial charge in [-0.2, -0.15) is 0 Å². The molecule has 0 bridgehead atoms. The van der Waals surface area contributed by atoms with Gasteiger partial charge in [-0.15, -0.1) is 0 Å². The SMILES string of the molecule is O=C(c1ccc(-n2cccc2)cc1)N1CCC(c2ncc[nH]2)CC1. The van der Waals surface area contributed by atoms with Gasteiger partial charge in [0, 0.05) is 55.0 Å². The number of amides is 1. The van der Waals surface area contributed by atoms with E-state index in [4.69, 9.17) is 0 Å². The highest BCUT2D eigenvalue weighted by atomic mass is 16.2. The third-order valence-corrected chi connectivity index (χ3v) is 4.71. The zero-order chi connectivity index (χ0) is 16.4. The lowest BCUT2D eigenvalue weighted by molar-refractivity contribution is 0.0711.